The van der Waals surface area contributed by atoms with Crippen molar-refractivity contribution in [2.75, 3.05) is 0 Å². The molecule has 0 saturated carbocycles. The van der Waals surface area contributed by atoms with Gasteiger partial charge in [0.15, 0.2) is 5.84 Å². The number of nitrogens with zero attached hydrogens (tertiary/aromatic N) is 3. The second kappa shape index (κ2) is 12.8. The van der Waals surface area contributed by atoms with Gasteiger partial charge in [-0.25, -0.2) is 9.98 Å². The van der Waals surface area contributed by atoms with Gasteiger partial charge in [-0.05, 0) is 59.2 Å². The van der Waals surface area contributed by atoms with Gasteiger partial charge >= 0.3 is 0 Å². The van der Waals surface area contributed by atoms with Crippen LogP contribution >= 0.6 is 22.7 Å². The molecule has 0 saturated heterocycles. The van der Waals surface area contributed by atoms with Crippen molar-refractivity contribution in [3.8, 4) is 16.8 Å². The Morgan fingerprint density at radius 2 is 1.11 bits per heavy atom. The summed E-state index contributed by atoms with van der Waals surface area (Å²) in [4.78, 5) is 10.4. The largest absolute Gasteiger partial charge is 0.344 e. The summed E-state index contributed by atoms with van der Waals surface area (Å²) in [6.45, 7) is 0. The molecule has 0 aliphatic carbocycles. The summed E-state index contributed by atoms with van der Waals surface area (Å²) in [5.74, 6) is 1.57. The van der Waals surface area contributed by atoms with Crippen LogP contribution in [-0.4, -0.2) is 16.2 Å². The minimum Gasteiger partial charge on any atom is -0.344 e. The molecule has 57 heavy (non-hydrogen) atoms. The van der Waals surface area contributed by atoms with Crippen molar-refractivity contribution >= 4 is 96.5 Å². The lowest BCUT2D eigenvalue weighted by atomic mass is 10.0. The highest BCUT2D eigenvalue weighted by Gasteiger charge is 2.23. The molecule has 11 aromatic rings. The van der Waals surface area contributed by atoms with Gasteiger partial charge in [0, 0.05) is 62.2 Å². The molecule has 4 nitrogen and oxygen atoms in total. The quantitative estimate of drug-likeness (QED) is 0.186. The van der Waals surface area contributed by atoms with Crippen LogP contribution in [0.25, 0.3) is 79.0 Å². The molecule has 0 radical (unpaired) electrons. The molecule has 6 heteroatoms. The molecule has 0 bridgehead atoms. The van der Waals surface area contributed by atoms with E-state index in [2.05, 4.69) is 180 Å². The number of benzene rings is 8. The third-order valence-electron chi connectivity index (χ3n) is 11.3. The van der Waals surface area contributed by atoms with E-state index in [9.17, 15) is 0 Å². The molecule has 1 aliphatic heterocycles. The van der Waals surface area contributed by atoms with Crippen molar-refractivity contribution in [1.29, 1.82) is 0 Å². The first kappa shape index (κ1) is 32.4. The summed E-state index contributed by atoms with van der Waals surface area (Å²) >= 11 is 3.70. The summed E-state index contributed by atoms with van der Waals surface area (Å²) in [6, 6.07) is 65.4. The number of hydrogen-bond donors (Lipinski definition) is 1. The summed E-state index contributed by atoms with van der Waals surface area (Å²) in [6.07, 6.45) is -0.244. The Hall–Kier alpha value is -6.86. The lowest BCUT2D eigenvalue weighted by Gasteiger charge is -2.23. The number of thiophene rings is 2. The molecule has 1 atom stereocenters. The zero-order valence-corrected chi connectivity index (χ0v) is 32.2. The number of para-hydroxylation sites is 2. The van der Waals surface area contributed by atoms with Crippen molar-refractivity contribution in [3.63, 3.8) is 0 Å². The molecule has 12 rings (SSSR count). The predicted molar refractivity (Wildman–Crippen MR) is 244 cm³/mol. The van der Waals surface area contributed by atoms with E-state index in [1.165, 1.54) is 79.0 Å². The Bertz CT molecular complexity index is 3390. The van der Waals surface area contributed by atoms with E-state index in [4.69, 9.17) is 9.98 Å². The first-order valence-corrected chi connectivity index (χ1v) is 20.8. The van der Waals surface area contributed by atoms with Gasteiger partial charge < -0.3 is 9.88 Å². The number of aromatic nitrogens is 1. The monoisotopic (exact) mass is 764 g/mol. The molecule has 1 N–H and O–H groups in total. The average molecular weight is 765 g/mol. The highest BCUT2D eigenvalue weighted by atomic mass is 32.1. The molecular weight excluding hydrogens is 733 g/mol. The van der Waals surface area contributed by atoms with Gasteiger partial charge in [0.1, 0.15) is 12.0 Å². The van der Waals surface area contributed by atoms with Crippen LogP contribution in [0, 0.1) is 0 Å². The summed E-state index contributed by atoms with van der Waals surface area (Å²) in [5, 5.41) is 11.2. The van der Waals surface area contributed by atoms with E-state index in [0.717, 1.165) is 28.4 Å². The number of amidine groups is 2. The maximum atomic E-state index is 5.21. The summed E-state index contributed by atoms with van der Waals surface area (Å²) in [5.41, 5.74) is 9.31. The molecule has 8 aromatic carbocycles. The molecule has 1 unspecified atom stereocenters. The first-order chi connectivity index (χ1) is 28.2. The number of rotatable bonds is 5. The van der Waals surface area contributed by atoms with E-state index in [1.807, 2.05) is 34.8 Å². The molecule has 0 fully saturated rings. The van der Waals surface area contributed by atoms with Gasteiger partial charge in [-0.3, -0.25) is 0 Å². The standard InChI is InChI=1S/C51H32N4S2/c1-3-13-31(14-4-1)49-52-50(32-15-5-2-6-16-32)54-51(53-49)40-20-11-19-38-37-27-25-33(29-45(37)57-48(38)40)34-26-28-39-46(30-34)56-44-24-12-23-43(47(39)44)55-41-21-9-7-17-35(41)36-18-8-10-22-42(36)55/h1-30,49H,(H,52,53,54). The van der Waals surface area contributed by atoms with Crippen LogP contribution in [0.1, 0.15) is 22.9 Å². The van der Waals surface area contributed by atoms with Crippen molar-refractivity contribution in [2.24, 2.45) is 9.98 Å². The molecule has 3 aromatic heterocycles. The average Bonchev–Trinajstić information content (AvgIpc) is 3.96. The number of hydrogen-bond acceptors (Lipinski definition) is 5. The van der Waals surface area contributed by atoms with E-state index >= 15 is 0 Å². The zero-order valence-electron chi connectivity index (χ0n) is 30.6. The SMILES string of the molecule is c1ccc(C2=NC(c3cccc4c3sc3cc(-c5ccc6c(c5)sc5cccc(-n7c8ccccc8c8ccccc87)c56)ccc34)=NC(c3ccccc3)N2)cc1. The molecular formula is C51H32N4S2. The van der Waals surface area contributed by atoms with Crippen LogP contribution in [0.3, 0.4) is 0 Å². The molecule has 0 spiro atoms. The van der Waals surface area contributed by atoms with Crippen LogP contribution in [0.5, 0.6) is 0 Å². The van der Waals surface area contributed by atoms with E-state index in [0.29, 0.717) is 0 Å². The van der Waals surface area contributed by atoms with Gasteiger partial charge in [0.25, 0.3) is 0 Å². The summed E-state index contributed by atoms with van der Waals surface area (Å²) < 4.78 is 7.48. The van der Waals surface area contributed by atoms with Crippen LogP contribution < -0.4 is 5.32 Å². The minimum atomic E-state index is -0.244. The van der Waals surface area contributed by atoms with Crippen LogP contribution in [0.2, 0.25) is 0 Å². The number of nitrogens with one attached hydrogen (secondary N) is 1. The Labute approximate surface area is 336 Å². The van der Waals surface area contributed by atoms with Gasteiger partial charge in [0.2, 0.25) is 0 Å². The summed E-state index contributed by atoms with van der Waals surface area (Å²) in [7, 11) is 0. The van der Waals surface area contributed by atoms with Crippen molar-refractivity contribution < 1.29 is 0 Å². The Morgan fingerprint density at radius 3 is 1.86 bits per heavy atom. The minimum absolute atomic E-state index is 0.244. The number of aliphatic imine (C=N–C) groups is 2. The van der Waals surface area contributed by atoms with Gasteiger partial charge in [-0.2, -0.15) is 0 Å². The topological polar surface area (TPSA) is 41.7 Å². The third-order valence-corrected chi connectivity index (χ3v) is 13.6. The number of fused-ring (bicyclic) bond motifs is 9. The predicted octanol–water partition coefficient (Wildman–Crippen LogP) is 13.7. The maximum absolute atomic E-state index is 5.21. The zero-order chi connectivity index (χ0) is 37.5. The fourth-order valence-electron chi connectivity index (χ4n) is 8.63. The Morgan fingerprint density at radius 1 is 0.474 bits per heavy atom. The Balaban J connectivity index is 0.968. The molecule has 1 aliphatic rings. The Kier molecular flexibility index (Phi) is 7.30. The highest BCUT2D eigenvalue weighted by Crippen LogP contribution is 2.43. The van der Waals surface area contributed by atoms with Gasteiger partial charge in [0.05, 0.1) is 16.7 Å². The molecule has 268 valence electrons. The maximum Gasteiger partial charge on any atom is 0.160 e. The van der Waals surface area contributed by atoms with Crippen molar-refractivity contribution in [3.05, 3.63) is 199 Å². The second-order valence-electron chi connectivity index (χ2n) is 14.6. The van der Waals surface area contributed by atoms with E-state index in [-0.39, 0.29) is 6.17 Å². The second-order valence-corrected chi connectivity index (χ2v) is 16.7. The van der Waals surface area contributed by atoms with Crippen molar-refractivity contribution in [2.45, 2.75) is 6.17 Å². The fourth-order valence-corrected chi connectivity index (χ4v) is 11.0. The van der Waals surface area contributed by atoms with Gasteiger partial charge in [-0.15, -0.1) is 22.7 Å². The lowest BCUT2D eigenvalue weighted by Crippen LogP contribution is -2.33. The van der Waals surface area contributed by atoms with Gasteiger partial charge in [-0.1, -0.05) is 140 Å². The lowest BCUT2D eigenvalue weighted by molar-refractivity contribution is 0.674. The third kappa shape index (κ3) is 5.18. The van der Waals surface area contributed by atoms with E-state index < -0.39 is 0 Å². The highest BCUT2D eigenvalue weighted by molar-refractivity contribution is 7.26. The smallest absolute Gasteiger partial charge is 0.160 e. The normalized spacial score (nSPS) is 14.5. The van der Waals surface area contributed by atoms with E-state index in [1.54, 1.807) is 0 Å². The van der Waals surface area contributed by atoms with Crippen LogP contribution in [0.4, 0.5) is 0 Å². The van der Waals surface area contributed by atoms with Crippen LogP contribution in [-0.2, 0) is 0 Å². The fraction of sp³-hybridized carbons (Fsp3) is 0.0196. The first-order valence-electron chi connectivity index (χ1n) is 19.2. The molecule has 4 heterocycles. The van der Waals surface area contributed by atoms with Crippen LogP contribution in [0.15, 0.2) is 192 Å². The van der Waals surface area contributed by atoms with Crippen molar-refractivity contribution in [1.82, 2.24) is 9.88 Å². The molecule has 0 amide bonds.